The molecule has 2 aromatic rings. The minimum absolute atomic E-state index is 0.174. The highest BCUT2D eigenvalue weighted by molar-refractivity contribution is 7.92. The summed E-state index contributed by atoms with van der Waals surface area (Å²) >= 11 is 0. The van der Waals surface area contributed by atoms with Gasteiger partial charge < -0.3 is 4.90 Å². The van der Waals surface area contributed by atoms with Gasteiger partial charge in [-0.25, -0.2) is 16.8 Å². The highest BCUT2D eigenvalue weighted by atomic mass is 32.2. The Bertz CT molecular complexity index is 1090. The van der Waals surface area contributed by atoms with Crippen LogP contribution in [0, 0.1) is 0 Å². The van der Waals surface area contributed by atoms with Gasteiger partial charge in [0, 0.05) is 33.2 Å². The summed E-state index contributed by atoms with van der Waals surface area (Å²) in [7, 11) is -5.74. The molecule has 1 aliphatic rings. The Morgan fingerprint density at radius 1 is 0.862 bits per heavy atom. The van der Waals surface area contributed by atoms with Crippen molar-refractivity contribution in [1.29, 1.82) is 0 Å². The molecule has 3 rings (SSSR count). The Morgan fingerprint density at radius 2 is 1.41 bits per heavy atom. The summed E-state index contributed by atoms with van der Waals surface area (Å²) in [4.78, 5) is 14.8. The van der Waals surface area contributed by atoms with Gasteiger partial charge in [-0.3, -0.25) is 9.10 Å². The van der Waals surface area contributed by atoms with E-state index in [1.165, 1.54) is 11.4 Å². The number of carbonyl (C=O) groups excluding carboxylic acids is 1. The maximum atomic E-state index is 13.0. The SMILES string of the molecule is CN(c1ccccc1C(=O)N1CCN(S(=O)(=O)c2ccccc2)CC1)S(C)(=O)=O. The molecule has 29 heavy (non-hydrogen) atoms. The van der Waals surface area contributed by atoms with Gasteiger partial charge in [0.2, 0.25) is 20.0 Å². The number of rotatable bonds is 5. The molecule has 0 atom stereocenters. The molecule has 0 aliphatic carbocycles. The zero-order chi connectivity index (χ0) is 21.2. The molecule has 2 aromatic carbocycles. The van der Waals surface area contributed by atoms with Gasteiger partial charge in [-0.05, 0) is 24.3 Å². The van der Waals surface area contributed by atoms with Crippen LogP contribution in [-0.2, 0) is 20.0 Å². The smallest absolute Gasteiger partial charge is 0.256 e. The molecule has 0 saturated carbocycles. The van der Waals surface area contributed by atoms with Gasteiger partial charge >= 0.3 is 0 Å². The third-order valence-electron chi connectivity index (χ3n) is 4.88. The number of carbonyl (C=O) groups is 1. The fourth-order valence-electron chi connectivity index (χ4n) is 3.15. The number of hydrogen-bond acceptors (Lipinski definition) is 5. The van der Waals surface area contributed by atoms with Crippen molar-refractivity contribution in [2.24, 2.45) is 0 Å². The number of sulfonamides is 2. The van der Waals surface area contributed by atoms with E-state index in [1.54, 1.807) is 59.5 Å². The largest absolute Gasteiger partial charge is 0.336 e. The van der Waals surface area contributed by atoms with Crippen LogP contribution in [0.5, 0.6) is 0 Å². The molecule has 1 amide bonds. The fraction of sp³-hybridized carbons (Fsp3) is 0.316. The van der Waals surface area contributed by atoms with Gasteiger partial charge in [0.25, 0.3) is 5.91 Å². The summed E-state index contributed by atoms with van der Waals surface area (Å²) in [6, 6.07) is 14.7. The monoisotopic (exact) mass is 437 g/mol. The Morgan fingerprint density at radius 3 is 2.00 bits per heavy atom. The molecule has 0 N–H and O–H groups in total. The minimum Gasteiger partial charge on any atom is -0.336 e. The Hall–Kier alpha value is -2.43. The molecule has 156 valence electrons. The predicted octanol–water partition coefficient (Wildman–Crippen LogP) is 1.23. The van der Waals surface area contributed by atoms with E-state index < -0.39 is 20.0 Å². The van der Waals surface area contributed by atoms with Crippen LogP contribution in [0.25, 0.3) is 0 Å². The summed E-state index contributed by atoms with van der Waals surface area (Å²) in [5, 5.41) is 0. The van der Waals surface area contributed by atoms with Crippen LogP contribution in [0.2, 0.25) is 0 Å². The van der Waals surface area contributed by atoms with Crippen molar-refractivity contribution in [3.63, 3.8) is 0 Å². The maximum Gasteiger partial charge on any atom is 0.256 e. The third kappa shape index (κ3) is 4.44. The van der Waals surface area contributed by atoms with Crippen LogP contribution in [0.1, 0.15) is 10.4 Å². The molecular weight excluding hydrogens is 414 g/mol. The predicted molar refractivity (Wildman–Crippen MR) is 111 cm³/mol. The first kappa shape index (κ1) is 21.3. The van der Waals surface area contributed by atoms with Gasteiger partial charge in [0.15, 0.2) is 0 Å². The van der Waals surface area contributed by atoms with Crippen molar-refractivity contribution in [2.75, 3.05) is 43.8 Å². The second kappa shape index (κ2) is 8.13. The molecule has 0 spiro atoms. The van der Waals surface area contributed by atoms with Crippen LogP contribution in [0.4, 0.5) is 5.69 Å². The van der Waals surface area contributed by atoms with Gasteiger partial charge in [0.05, 0.1) is 22.4 Å². The van der Waals surface area contributed by atoms with E-state index in [-0.39, 0.29) is 42.5 Å². The number of nitrogens with zero attached hydrogens (tertiary/aromatic N) is 3. The lowest BCUT2D eigenvalue weighted by Gasteiger charge is -2.34. The average molecular weight is 438 g/mol. The van der Waals surface area contributed by atoms with Crippen molar-refractivity contribution in [1.82, 2.24) is 9.21 Å². The molecule has 1 fully saturated rings. The van der Waals surface area contributed by atoms with E-state index in [9.17, 15) is 21.6 Å². The number of amides is 1. The highest BCUT2D eigenvalue weighted by Crippen LogP contribution is 2.24. The number of anilines is 1. The first-order chi connectivity index (χ1) is 13.6. The quantitative estimate of drug-likeness (QED) is 0.701. The first-order valence-corrected chi connectivity index (χ1v) is 12.3. The topological polar surface area (TPSA) is 95.1 Å². The number of para-hydroxylation sites is 1. The summed E-state index contributed by atoms with van der Waals surface area (Å²) in [5.74, 6) is -0.326. The average Bonchev–Trinajstić information content (AvgIpc) is 2.72. The normalized spacial score (nSPS) is 15.9. The summed E-state index contributed by atoms with van der Waals surface area (Å²) in [6.07, 6.45) is 1.07. The van der Waals surface area contributed by atoms with Crippen LogP contribution in [-0.4, -0.2) is 71.4 Å². The van der Waals surface area contributed by atoms with E-state index in [0.717, 1.165) is 10.6 Å². The summed E-state index contributed by atoms with van der Waals surface area (Å²) in [6.45, 7) is 0.795. The Balaban J connectivity index is 1.77. The van der Waals surface area contributed by atoms with Crippen molar-refractivity contribution in [2.45, 2.75) is 4.90 Å². The van der Waals surface area contributed by atoms with Crippen LogP contribution in [0.15, 0.2) is 59.5 Å². The van der Waals surface area contributed by atoms with Crippen molar-refractivity contribution < 1.29 is 21.6 Å². The van der Waals surface area contributed by atoms with Gasteiger partial charge in [-0.1, -0.05) is 30.3 Å². The number of hydrogen-bond donors (Lipinski definition) is 0. The van der Waals surface area contributed by atoms with E-state index in [0.29, 0.717) is 5.69 Å². The molecule has 0 aromatic heterocycles. The minimum atomic E-state index is -3.61. The molecule has 1 aliphatic heterocycles. The molecule has 0 radical (unpaired) electrons. The fourth-order valence-corrected chi connectivity index (χ4v) is 5.11. The lowest BCUT2D eigenvalue weighted by Crippen LogP contribution is -2.50. The van der Waals surface area contributed by atoms with E-state index in [1.807, 2.05) is 0 Å². The standard InChI is InChI=1S/C19H23N3O5S2/c1-20(28(2,24)25)18-11-7-6-10-17(18)19(23)21-12-14-22(15-13-21)29(26,27)16-8-4-3-5-9-16/h3-11H,12-15H2,1-2H3. The summed E-state index contributed by atoms with van der Waals surface area (Å²) < 4.78 is 51.7. The number of benzene rings is 2. The molecular formula is C19H23N3O5S2. The van der Waals surface area contributed by atoms with Crippen molar-refractivity contribution >= 4 is 31.6 Å². The van der Waals surface area contributed by atoms with Crippen LogP contribution >= 0.6 is 0 Å². The maximum absolute atomic E-state index is 13.0. The van der Waals surface area contributed by atoms with Gasteiger partial charge in [-0.15, -0.1) is 0 Å². The third-order valence-corrected chi connectivity index (χ3v) is 7.98. The van der Waals surface area contributed by atoms with Gasteiger partial charge in [0.1, 0.15) is 0 Å². The van der Waals surface area contributed by atoms with Crippen molar-refractivity contribution in [3.8, 4) is 0 Å². The molecule has 1 heterocycles. The molecule has 8 nitrogen and oxygen atoms in total. The second-order valence-corrected chi connectivity index (χ2v) is 10.7. The summed E-state index contributed by atoms with van der Waals surface area (Å²) in [5.41, 5.74) is 0.555. The Labute approximate surface area is 171 Å². The van der Waals surface area contributed by atoms with Crippen LogP contribution < -0.4 is 4.31 Å². The van der Waals surface area contributed by atoms with E-state index in [4.69, 9.17) is 0 Å². The molecule has 1 saturated heterocycles. The lowest BCUT2D eigenvalue weighted by molar-refractivity contribution is 0.0698. The van der Waals surface area contributed by atoms with E-state index in [2.05, 4.69) is 0 Å². The second-order valence-electron chi connectivity index (χ2n) is 6.76. The number of piperazine rings is 1. The Kier molecular flexibility index (Phi) is 5.97. The molecule has 0 unspecified atom stereocenters. The molecule has 0 bridgehead atoms. The zero-order valence-corrected chi connectivity index (χ0v) is 17.9. The van der Waals surface area contributed by atoms with Gasteiger partial charge in [-0.2, -0.15) is 4.31 Å². The van der Waals surface area contributed by atoms with Crippen molar-refractivity contribution in [3.05, 3.63) is 60.2 Å². The lowest BCUT2D eigenvalue weighted by atomic mass is 10.1. The van der Waals surface area contributed by atoms with E-state index >= 15 is 0 Å². The zero-order valence-electron chi connectivity index (χ0n) is 16.2. The molecule has 10 heteroatoms. The first-order valence-electron chi connectivity index (χ1n) is 9.00. The highest BCUT2D eigenvalue weighted by Gasteiger charge is 2.31. The van der Waals surface area contributed by atoms with Crippen LogP contribution in [0.3, 0.4) is 0 Å².